The lowest BCUT2D eigenvalue weighted by molar-refractivity contribution is 0.0731. The second-order valence-electron chi connectivity index (χ2n) is 4.29. The normalized spacial score (nSPS) is 39.7. The first-order valence-electron chi connectivity index (χ1n) is 5.53. The molecule has 2 fully saturated rings. The van der Waals surface area contributed by atoms with Gasteiger partial charge < -0.3 is 10.6 Å². The Hall–Kier alpha value is -0.120. The van der Waals surface area contributed by atoms with E-state index in [4.69, 9.17) is 5.73 Å². The van der Waals surface area contributed by atoms with Crippen molar-refractivity contribution in [3.8, 4) is 0 Å². The number of hydrogen-bond donors (Lipinski definition) is 1. The highest BCUT2D eigenvalue weighted by Gasteiger charge is 2.36. The summed E-state index contributed by atoms with van der Waals surface area (Å²) in [5.74, 6) is 0. The van der Waals surface area contributed by atoms with Crippen molar-refractivity contribution in [2.24, 2.45) is 5.73 Å². The van der Waals surface area contributed by atoms with E-state index in [0.29, 0.717) is 0 Å². The number of nitrogens with zero attached hydrogens (tertiary/aromatic N) is 2. The summed E-state index contributed by atoms with van der Waals surface area (Å²) in [4.78, 5) is 5.25. The smallest absolute Gasteiger partial charge is 0.0239 e. The van der Waals surface area contributed by atoms with Crippen LogP contribution in [-0.2, 0) is 0 Å². The molecule has 2 bridgehead atoms. The molecule has 0 amide bonds. The Bertz CT molecular complexity index is 172. The molecule has 2 N–H and O–H groups in total. The van der Waals surface area contributed by atoms with Crippen molar-refractivity contribution in [3.63, 3.8) is 0 Å². The van der Waals surface area contributed by atoms with Crippen LogP contribution in [-0.4, -0.2) is 54.6 Å². The Morgan fingerprint density at radius 1 is 1.38 bits per heavy atom. The van der Waals surface area contributed by atoms with Gasteiger partial charge in [0.2, 0.25) is 0 Å². The van der Waals surface area contributed by atoms with E-state index in [9.17, 15) is 0 Å². The second-order valence-corrected chi connectivity index (χ2v) is 4.29. The Morgan fingerprint density at radius 2 is 2.23 bits per heavy atom. The van der Waals surface area contributed by atoms with Gasteiger partial charge in [0.05, 0.1) is 0 Å². The molecule has 0 spiro atoms. The molecule has 13 heavy (non-hydrogen) atoms. The van der Waals surface area contributed by atoms with Crippen LogP contribution in [0.15, 0.2) is 0 Å². The Labute approximate surface area is 80.9 Å². The van der Waals surface area contributed by atoms with Crippen molar-refractivity contribution in [2.45, 2.75) is 31.8 Å². The van der Waals surface area contributed by atoms with Crippen LogP contribution in [0.4, 0.5) is 0 Å². The van der Waals surface area contributed by atoms with Crippen LogP contribution in [0, 0.1) is 0 Å². The largest absolute Gasteiger partial charge is 0.329 e. The topological polar surface area (TPSA) is 32.5 Å². The predicted molar refractivity (Wildman–Crippen MR) is 54.7 cm³/mol. The first-order valence-corrected chi connectivity index (χ1v) is 5.53. The third kappa shape index (κ3) is 1.73. The minimum absolute atomic E-state index is 0.768. The molecule has 0 aromatic carbocycles. The fourth-order valence-corrected chi connectivity index (χ4v) is 2.83. The maximum absolute atomic E-state index is 5.65. The van der Waals surface area contributed by atoms with Gasteiger partial charge in [0.25, 0.3) is 0 Å². The summed E-state index contributed by atoms with van der Waals surface area (Å²) in [6, 6.07) is 1.58. The third-order valence-corrected chi connectivity index (χ3v) is 3.51. The summed E-state index contributed by atoms with van der Waals surface area (Å²) in [6.07, 6.45) is 2.63. The van der Waals surface area contributed by atoms with Gasteiger partial charge in [-0.15, -0.1) is 0 Å². The van der Waals surface area contributed by atoms with Crippen molar-refractivity contribution < 1.29 is 0 Å². The van der Waals surface area contributed by atoms with Crippen molar-refractivity contribution >= 4 is 0 Å². The molecule has 2 saturated heterocycles. The Morgan fingerprint density at radius 3 is 2.92 bits per heavy atom. The lowest BCUT2D eigenvalue weighted by Crippen LogP contribution is -2.54. The van der Waals surface area contributed by atoms with E-state index in [-0.39, 0.29) is 0 Å². The molecule has 0 radical (unpaired) electrons. The average Bonchev–Trinajstić information content (AvgIpc) is 2.54. The molecule has 2 heterocycles. The number of piperazine rings is 1. The molecule has 3 atom stereocenters. The van der Waals surface area contributed by atoms with Crippen LogP contribution in [0.3, 0.4) is 0 Å². The molecule has 3 heteroatoms. The van der Waals surface area contributed by atoms with Gasteiger partial charge in [0.15, 0.2) is 0 Å². The van der Waals surface area contributed by atoms with Gasteiger partial charge in [-0.2, -0.15) is 0 Å². The maximum Gasteiger partial charge on any atom is 0.0239 e. The number of rotatable bonds is 3. The summed E-state index contributed by atoms with van der Waals surface area (Å²) in [6.45, 7) is 8.07. The molecule has 0 aliphatic carbocycles. The van der Waals surface area contributed by atoms with Crippen molar-refractivity contribution in [3.05, 3.63) is 0 Å². The van der Waals surface area contributed by atoms with E-state index in [0.717, 1.165) is 25.2 Å². The predicted octanol–water partition coefficient (Wildman–Crippen LogP) is 0.114. The highest BCUT2D eigenvalue weighted by molar-refractivity contribution is 4.93. The quantitative estimate of drug-likeness (QED) is 0.674. The highest BCUT2D eigenvalue weighted by atomic mass is 15.3. The van der Waals surface area contributed by atoms with Crippen LogP contribution in [0.5, 0.6) is 0 Å². The summed E-state index contributed by atoms with van der Waals surface area (Å²) >= 11 is 0. The molecule has 2 rings (SSSR count). The standard InChI is InChI=1S/C10H21N3/c1-2-9-7-12-5-3-10(8-12)13(9)6-4-11/h9-10H,2-8,11H2,1H3. The zero-order valence-electron chi connectivity index (χ0n) is 8.58. The van der Waals surface area contributed by atoms with Crippen molar-refractivity contribution in [1.29, 1.82) is 0 Å². The van der Waals surface area contributed by atoms with Gasteiger partial charge in [-0.1, -0.05) is 6.92 Å². The minimum atomic E-state index is 0.768. The van der Waals surface area contributed by atoms with Crippen LogP contribution in [0.25, 0.3) is 0 Å². The van der Waals surface area contributed by atoms with E-state index in [1.807, 2.05) is 0 Å². The molecule has 2 aliphatic heterocycles. The third-order valence-electron chi connectivity index (χ3n) is 3.51. The minimum Gasteiger partial charge on any atom is -0.329 e. The summed E-state index contributed by atoms with van der Waals surface area (Å²) < 4.78 is 0. The zero-order chi connectivity index (χ0) is 9.26. The van der Waals surface area contributed by atoms with Gasteiger partial charge in [-0.3, -0.25) is 4.90 Å². The van der Waals surface area contributed by atoms with E-state index in [1.54, 1.807) is 0 Å². The molecular formula is C10H21N3. The van der Waals surface area contributed by atoms with E-state index in [1.165, 1.54) is 32.5 Å². The van der Waals surface area contributed by atoms with Crippen LogP contribution >= 0.6 is 0 Å². The number of nitrogens with two attached hydrogens (primary N) is 1. The Balaban J connectivity index is 2.01. The zero-order valence-corrected chi connectivity index (χ0v) is 8.58. The molecule has 0 saturated carbocycles. The monoisotopic (exact) mass is 183 g/mol. The second kappa shape index (κ2) is 3.95. The van der Waals surface area contributed by atoms with E-state index in [2.05, 4.69) is 16.7 Å². The van der Waals surface area contributed by atoms with Crippen LogP contribution in [0.1, 0.15) is 19.8 Å². The fraction of sp³-hybridized carbons (Fsp3) is 1.00. The first-order chi connectivity index (χ1) is 6.35. The molecular weight excluding hydrogens is 162 g/mol. The van der Waals surface area contributed by atoms with E-state index >= 15 is 0 Å². The lowest BCUT2D eigenvalue weighted by Gasteiger charge is -2.41. The van der Waals surface area contributed by atoms with Crippen LogP contribution < -0.4 is 5.73 Å². The maximum atomic E-state index is 5.65. The average molecular weight is 183 g/mol. The lowest BCUT2D eigenvalue weighted by atomic mass is 10.1. The summed E-state index contributed by atoms with van der Waals surface area (Å²) in [7, 11) is 0. The van der Waals surface area contributed by atoms with Gasteiger partial charge in [0.1, 0.15) is 0 Å². The molecule has 3 nitrogen and oxygen atoms in total. The van der Waals surface area contributed by atoms with Gasteiger partial charge in [0, 0.05) is 38.3 Å². The molecule has 2 aliphatic rings. The molecule has 0 aromatic rings. The summed E-state index contributed by atoms with van der Waals surface area (Å²) in [5.41, 5.74) is 5.65. The fourth-order valence-electron chi connectivity index (χ4n) is 2.83. The number of fused-ring (bicyclic) bond motifs is 2. The number of hydrogen-bond acceptors (Lipinski definition) is 3. The first kappa shape index (κ1) is 9.44. The van der Waals surface area contributed by atoms with Crippen molar-refractivity contribution in [1.82, 2.24) is 9.80 Å². The van der Waals surface area contributed by atoms with Gasteiger partial charge in [-0.05, 0) is 19.4 Å². The van der Waals surface area contributed by atoms with E-state index < -0.39 is 0 Å². The van der Waals surface area contributed by atoms with Crippen LogP contribution in [0.2, 0.25) is 0 Å². The molecule has 3 unspecified atom stereocenters. The highest BCUT2D eigenvalue weighted by Crippen LogP contribution is 2.25. The molecule has 76 valence electrons. The Kier molecular flexibility index (Phi) is 2.86. The van der Waals surface area contributed by atoms with Crippen molar-refractivity contribution in [2.75, 3.05) is 32.7 Å². The summed E-state index contributed by atoms with van der Waals surface area (Å²) in [5, 5.41) is 0. The van der Waals surface area contributed by atoms with Gasteiger partial charge in [-0.25, -0.2) is 0 Å². The SMILES string of the molecule is CCC1CN2CCC(C2)N1CCN. The molecule has 0 aromatic heterocycles. The van der Waals surface area contributed by atoms with Gasteiger partial charge >= 0.3 is 0 Å².